The van der Waals surface area contributed by atoms with Gasteiger partial charge in [0.15, 0.2) is 0 Å². The van der Waals surface area contributed by atoms with Gasteiger partial charge in [0.05, 0.1) is 0 Å². The molecule has 0 aliphatic heterocycles. The zero-order valence-electron chi connectivity index (χ0n) is 5.78. The van der Waals surface area contributed by atoms with E-state index in [1.54, 1.807) is 12.4 Å². The summed E-state index contributed by atoms with van der Waals surface area (Å²) in [5.74, 6) is 0. The molecule has 2 rings (SSSR count). The van der Waals surface area contributed by atoms with Gasteiger partial charge in [-0.2, -0.15) is 21.4 Å². The lowest BCUT2D eigenvalue weighted by Crippen LogP contribution is -2.28. The van der Waals surface area contributed by atoms with E-state index in [0.717, 1.165) is 11.2 Å². The Balaban J connectivity index is 2.14. The first kappa shape index (κ1) is 6.21. The van der Waals surface area contributed by atoms with Crippen LogP contribution in [-0.4, -0.2) is 27.7 Å². The highest BCUT2D eigenvalue weighted by molar-refractivity contribution is 6.65. The van der Waals surface area contributed by atoms with Crippen molar-refractivity contribution >= 4 is 18.5 Å². The molecule has 0 fully saturated rings. The van der Waals surface area contributed by atoms with Crippen LogP contribution in [0.15, 0.2) is 24.5 Å². The molecule has 0 aliphatic carbocycles. The highest BCUT2D eigenvalue weighted by Crippen LogP contribution is 1.72. The van der Waals surface area contributed by atoms with Crippen LogP contribution in [0.1, 0.15) is 0 Å². The number of rotatable bonds is 2. The number of H-pyrrole nitrogens is 2. The molecule has 0 atom stereocenters. The maximum atomic E-state index is 3.81. The Kier molecular flexibility index (Phi) is 1.48. The molecule has 2 aromatic rings. The molecule has 4 nitrogen and oxygen atoms in total. The quantitative estimate of drug-likeness (QED) is 0.520. The monoisotopic (exact) mass is 145 g/mol. The molecule has 2 aromatic heterocycles. The normalized spacial score (nSPS) is 10.2. The van der Waals surface area contributed by atoms with Crippen LogP contribution in [-0.2, 0) is 0 Å². The van der Waals surface area contributed by atoms with Gasteiger partial charge in [0.25, 0.3) is 0 Å². The van der Waals surface area contributed by atoms with Crippen LogP contribution in [0.5, 0.6) is 0 Å². The van der Waals surface area contributed by atoms with Gasteiger partial charge < -0.3 is 10.2 Å². The summed E-state index contributed by atoms with van der Waals surface area (Å²) in [5, 5.41) is 13.3. The van der Waals surface area contributed by atoms with Crippen molar-refractivity contribution in [2.45, 2.75) is 0 Å². The fourth-order valence-electron chi connectivity index (χ4n) is 0.862. The summed E-state index contributed by atoms with van der Waals surface area (Å²) in [6.07, 6.45) is 3.42. The second-order valence-electron chi connectivity index (χ2n) is 2.17. The number of hydrogen-bond donors (Lipinski definition) is 2. The van der Waals surface area contributed by atoms with E-state index >= 15 is 0 Å². The Morgan fingerprint density at radius 2 is 1.55 bits per heavy atom. The highest BCUT2D eigenvalue weighted by atomic mass is 15.1. The number of hydrogen-bond acceptors (Lipinski definition) is 2. The Morgan fingerprint density at radius 1 is 1.00 bits per heavy atom. The summed E-state index contributed by atoms with van der Waals surface area (Å²) in [5.41, 5.74) is 1.93. The van der Waals surface area contributed by atoms with Crippen molar-refractivity contribution in [3.8, 4) is 0 Å². The molecule has 0 saturated carbocycles. The van der Waals surface area contributed by atoms with Crippen LogP contribution in [0.25, 0.3) is 0 Å². The van der Waals surface area contributed by atoms with Crippen LogP contribution in [0.3, 0.4) is 0 Å². The second-order valence-corrected chi connectivity index (χ2v) is 2.17. The van der Waals surface area contributed by atoms with Gasteiger partial charge in [-0.15, -0.1) is 0 Å². The smallest absolute Gasteiger partial charge is 0.0451 e. The zero-order valence-corrected chi connectivity index (χ0v) is 5.78. The molecule has 11 heavy (non-hydrogen) atoms. The van der Waals surface area contributed by atoms with Crippen molar-refractivity contribution in [3.63, 3.8) is 0 Å². The number of nitrogens with zero attached hydrogens (tertiary/aromatic N) is 2. The molecule has 0 aromatic carbocycles. The summed E-state index contributed by atoms with van der Waals surface area (Å²) < 4.78 is 0. The summed E-state index contributed by atoms with van der Waals surface area (Å²) in [4.78, 5) is 0. The second kappa shape index (κ2) is 2.61. The van der Waals surface area contributed by atoms with E-state index in [-0.39, 0.29) is 0 Å². The Bertz CT molecular complexity index is 267. The summed E-state index contributed by atoms with van der Waals surface area (Å²) >= 11 is 0. The van der Waals surface area contributed by atoms with Crippen molar-refractivity contribution in [3.05, 3.63) is 24.5 Å². The molecule has 54 valence electrons. The lowest BCUT2D eigenvalue weighted by molar-refractivity contribution is 1.10. The Morgan fingerprint density at radius 3 is 1.91 bits per heavy atom. The van der Waals surface area contributed by atoms with Crippen LogP contribution in [0.4, 0.5) is 0 Å². The van der Waals surface area contributed by atoms with Gasteiger partial charge in [0.1, 0.15) is 0 Å². The first-order valence-electron chi connectivity index (χ1n) is 3.28. The fraction of sp³-hybridized carbons (Fsp3) is 0. The zero-order chi connectivity index (χ0) is 7.52. The molecular weight excluding hydrogens is 139 g/mol. The molecular formula is C6H6BN4-. The maximum Gasteiger partial charge on any atom is 0.0451 e. The Hall–Kier alpha value is -1.52. The van der Waals surface area contributed by atoms with E-state index < -0.39 is 0 Å². The summed E-state index contributed by atoms with van der Waals surface area (Å²) in [7, 11) is 1.93. The largest absolute Gasteiger partial charge is 0.327 e. The third-order valence-electron chi connectivity index (χ3n) is 1.36. The number of aromatic amines is 2. The van der Waals surface area contributed by atoms with E-state index in [1.165, 1.54) is 0 Å². The van der Waals surface area contributed by atoms with Gasteiger partial charge in [0.2, 0.25) is 0 Å². The van der Waals surface area contributed by atoms with E-state index in [9.17, 15) is 0 Å². The van der Waals surface area contributed by atoms with Crippen molar-refractivity contribution < 1.29 is 0 Å². The molecule has 0 spiro atoms. The fourth-order valence-corrected chi connectivity index (χ4v) is 0.862. The van der Waals surface area contributed by atoms with Gasteiger partial charge in [-0.1, -0.05) is 12.1 Å². The van der Waals surface area contributed by atoms with Crippen molar-refractivity contribution in [2.75, 3.05) is 0 Å². The van der Waals surface area contributed by atoms with Gasteiger partial charge in [-0.05, 0) is 0 Å². The molecule has 5 heteroatoms. The molecule has 2 heterocycles. The first-order chi connectivity index (χ1) is 5.45. The molecule has 0 amide bonds. The molecule has 0 unspecified atom stereocenters. The van der Waals surface area contributed by atoms with E-state index in [0.29, 0.717) is 0 Å². The minimum Gasteiger partial charge on any atom is -0.327 e. The Labute approximate surface area is 64.3 Å². The first-order valence-corrected chi connectivity index (χ1v) is 3.28. The predicted molar refractivity (Wildman–Crippen MR) is 42.2 cm³/mol. The van der Waals surface area contributed by atoms with Crippen LogP contribution in [0, 0.1) is 0 Å². The van der Waals surface area contributed by atoms with Crippen molar-refractivity contribution in [2.24, 2.45) is 0 Å². The van der Waals surface area contributed by atoms with Gasteiger partial charge >= 0.3 is 0 Å². The number of aromatic nitrogens is 4. The maximum absolute atomic E-state index is 3.81. The van der Waals surface area contributed by atoms with E-state index in [4.69, 9.17) is 0 Å². The van der Waals surface area contributed by atoms with Crippen molar-refractivity contribution in [1.82, 2.24) is 20.4 Å². The van der Waals surface area contributed by atoms with E-state index in [2.05, 4.69) is 20.4 Å². The summed E-state index contributed by atoms with van der Waals surface area (Å²) in [6.45, 7) is 0. The third kappa shape index (κ3) is 1.31. The van der Waals surface area contributed by atoms with Crippen LogP contribution >= 0.6 is 0 Å². The molecule has 0 saturated heterocycles. The van der Waals surface area contributed by atoms with E-state index in [1.807, 2.05) is 19.4 Å². The minimum absolute atomic E-state index is 0.967. The SMILES string of the molecule is [B-](c1ccn[nH]1)c1ccn[nH]1. The van der Waals surface area contributed by atoms with Crippen molar-refractivity contribution in [1.29, 1.82) is 0 Å². The van der Waals surface area contributed by atoms with Gasteiger partial charge in [0, 0.05) is 12.4 Å². The average molecular weight is 145 g/mol. The molecule has 0 aliphatic rings. The standard InChI is InChI=1S/C6H6BN4/c1-3-8-10-5(1)7-6-2-4-9-11-6/h1-4H,(H,8,10)(H,9,11)/q-1. The molecule has 0 bridgehead atoms. The lowest BCUT2D eigenvalue weighted by atomic mass is 9.71. The predicted octanol–water partition coefficient (Wildman–Crippen LogP) is -1.21. The van der Waals surface area contributed by atoms with Crippen LogP contribution in [0.2, 0.25) is 0 Å². The lowest BCUT2D eigenvalue weighted by Gasteiger charge is -2.08. The van der Waals surface area contributed by atoms with Gasteiger partial charge in [-0.3, -0.25) is 0 Å². The molecule has 2 radical (unpaired) electrons. The number of nitrogens with one attached hydrogen (secondary N) is 2. The minimum atomic E-state index is 0.967. The molecule has 2 N–H and O–H groups in total. The highest BCUT2D eigenvalue weighted by Gasteiger charge is 1.80. The van der Waals surface area contributed by atoms with Gasteiger partial charge in [-0.25, -0.2) is 7.28 Å². The topological polar surface area (TPSA) is 57.4 Å². The third-order valence-corrected chi connectivity index (χ3v) is 1.36. The summed E-state index contributed by atoms with van der Waals surface area (Å²) in [6, 6.07) is 3.78. The van der Waals surface area contributed by atoms with Crippen LogP contribution < -0.4 is 11.2 Å². The average Bonchev–Trinajstić information content (AvgIpc) is 2.60.